The van der Waals surface area contributed by atoms with E-state index in [1.54, 1.807) is 0 Å². The maximum Gasteiger partial charge on any atom is 0.306 e. The topological polar surface area (TPSA) is 111 Å². The molecular formula is C45H90NO8P. The van der Waals surface area contributed by atoms with Crippen molar-refractivity contribution in [2.45, 2.75) is 232 Å². The molecule has 0 aliphatic carbocycles. The molecule has 0 aliphatic heterocycles. The van der Waals surface area contributed by atoms with E-state index in [2.05, 4.69) is 13.8 Å². The number of carbonyl (C=O) groups excluding carboxylic acids is 2. The maximum absolute atomic E-state index is 12.7. The molecule has 2 atom stereocenters. The summed E-state index contributed by atoms with van der Waals surface area (Å²) in [5.74, 6) is -0.818. The second-order valence-electron chi connectivity index (χ2n) is 17.1. The second-order valence-corrected chi connectivity index (χ2v) is 18.5. The van der Waals surface area contributed by atoms with Gasteiger partial charge in [-0.15, -0.1) is 0 Å². The van der Waals surface area contributed by atoms with Crippen LogP contribution in [0.1, 0.15) is 226 Å². The average molecular weight is 804 g/mol. The molecule has 9 nitrogen and oxygen atoms in total. The number of carbonyl (C=O) groups is 2. The van der Waals surface area contributed by atoms with E-state index in [1.165, 1.54) is 161 Å². The zero-order chi connectivity index (χ0) is 40.7. The minimum absolute atomic E-state index is 0.0256. The Morgan fingerprint density at radius 2 is 0.818 bits per heavy atom. The first-order valence-electron chi connectivity index (χ1n) is 23.2. The van der Waals surface area contributed by atoms with Crippen LogP contribution in [0.3, 0.4) is 0 Å². The number of hydrogen-bond donors (Lipinski definition) is 0. The molecule has 0 spiro atoms. The van der Waals surface area contributed by atoms with E-state index in [-0.39, 0.29) is 32.0 Å². The van der Waals surface area contributed by atoms with Gasteiger partial charge in [0, 0.05) is 12.8 Å². The summed E-state index contributed by atoms with van der Waals surface area (Å²) in [5.41, 5.74) is 0. The summed E-state index contributed by atoms with van der Waals surface area (Å²) in [6.45, 7) is 4.27. The first-order valence-corrected chi connectivity index (χ1v) is 24.7. The predicted molar refractivity (Wildman–Crippen MR) is 227 cm³/mol. The van der Waals surface area contributed by atoms with Crippen LogP contribution in [0.2, 0.25) is 0 Å². The molecule has 0 aromatic carbocycles. The molecule has 0 saturated heterocycles. The summed E-state index contributed by atoms with van der Waals surface area (Å²) in [4.78, 5) is 37.5. The molecule has 0 amide bonds. The minimum Gasteiger partial charge on any atom is -0.756 e. The summed E-state index contributed by atoms with van der Waals surface area (Å²) in [7, 11) is 1.18. The first-order chi connectivity index (χ1) is 26.5. The fourth-order valence-electron chi connectivity index (χ4n) is 6.72. The summed E-state index contributed by atoms with van der Waals surface area (Å²) < 4.78 is 33.9. The smallest absolute Gasteiger partial charge is 0.306 e. The molecule has 0 heterocycles. The van der Waals surface area contributed by atoms with Crippen molar-refractivity contribution in [2.75, 3.05) is 47.5 Å². The number of quaternary nitrogens is 1. The molecule has 10 heteroatoms. The summed E-state index contributed by atoms with van der Waals surface area (Å²) >= 11 is 0. The molecule has 328 valence electrons. The number of nitrogens with zero attached hydrogens (tertiary/aromatic N) is 1. The minimum atomic E-state index is -4.62. The monoisotopic (exact) mass is 804 g/mol. The van der Waals surface area contributed by atoms with Crippen molar-refractivity contribution in [2.24, 2.45) is 0 Å². The third-order valence-corrected chi connectivity index (χ3v) is 11.3. The summed E-state index contributed by atoms with van der Waals surface area (Å²) in [6.07, 6.45) is 38.3. The number of hydrogen-bond acceptors (Lipinski definition) is 8. The quantitative estimate of drug-likeness (QED) is 0.0259. The zero-order valence-corrected chi connectivity index (χ0v) is 37.8. The van der Waals surface area contributed by atoms with Crippen LogP contribution in [0.5, 0.6) is 0 Å². The first kappa shape index (κ1) is 54.0. The molecular weight excluding hydrogens is 713 g/mol. The van der Waals surface area contributed by atoms with E-state index in [1.807, 2.05) is 21.1 Å². The number of esters is 2. The van der Waals surface area contributed by atoms with Gasteiger partial charge in [0.15, 0.2) is 6.10 Å². The molecule has 0 rings (SSSR count). The van der Waals surface area contributed by atoms with Crippen LogP contribution >= 0.6 is 7.82 Å². The van der Waals surface area contributed by atoms with Crippen LogP contribution in [0.4, 0.5) is 0 Å². The Kier molecular flexibility index (Phi) is 37.8. The lowest BCUT2D eigenvalue weighted by Crippen LogP contribution is -2.37. The predicted octanol–water partition coefficient (Wildman–Crippen LogP) is 12.6. The fraction of sp³-hybridized carbons (Fsp3) is 0.956. The van der Waals surface area contributed by atoms with Crippen LogP contribution in [0.15, 0.2) is 0 Å². The van der Waals surface area contributed by atoms with Crippen molar-refractivity contribution in [3.8, 4) is 0 Å². The third-order valence-electron chi connectivity index (χ3n) is 10.4. The Bertz CT molecular complexity index is 912. The molecule has 0 aliphatic rings. The highest BCUT2D eigenvalue weighted by molar-refractivity contribution is 7.45. The van der Waals surface area contributed by atoms with E-state index in [0.717, 1.165) is 32.1 Å². The van der Waals surface area contributed by atoms with Crippen molar-refractivity contribution in [3.63, 3.8) is 0 Å². The molecule has 0 N–H and O–H groups in total. The molecule has 0 aromatic rings. The standard InChI is InChI=1S/C45H90NO8P/c1-6-8-10-12-14-16-18-20-22-23-24-26-27-29-31-33-35-37-44(47)51-41-43(42-53-55(49,50)52-40-39-46(3,4)5)54-45(48)38-36-34-32-30-28-25-21-19-17-15-13-11-9-7-2/h43H,6-42H2,1-5H3/t43-/m1/s1. The maximum atomic E-state index is 12.7. The van der Waals surface area contributed by atoms with Crippen molar-refractivity contribution in [1.82, 2.24) is 0 Å². The SMILES string of the molecule is CCCCCCCCCCCCCCCCCCCC(=O)OC[C@H](COP(=O)([O-])OCC[N+](C)(C)C)OC(=O)CCCCCCCCCCCCCCCC. The molecule has 1 unspecified atom stereocenters. The van der Waals surface area contributed by atoms with Gasteiger partial charge in [-0.25, -0.2) is 0 Å². The highest BCUT2D eigenvalue weighted by Crippen LogP contribution is 2.38. The molecule has 0 radical (unpaired) electrons. The van der Waals surface area contributed by atoms with Crippen molar-refractivity contribution in [3.05, 3.63) is 0 Å². The van der Waals surface area contributed by atoms with Gasteiger partial charge < -0.3 is 27.9 Å². The summed E-state index contributed by atoms with van der Waals surface area (Å²) in [6, 6.07) is 0. The van der Waals surface area contributed by atoms with E-state index in [9.17, 15) is 19.0 Å². The Labute approximate surface area is 340 Å². The van der Waals surface area contributed by atoms with Gasteiger partial charge in [0.05, 0.1) is 27.7 Å². The van der Waals surface area contributed by atoms with Gasteiger partial charge >= 0.3 is 11.9 Å². The molecule has 0 bridgehead atoms. The number of phosphoric acid groups is 1. The average Bonchev–Trinajstić information content (AvgIpc) is 3.13. The van der Waals surface area contributed by atoms with Gasteiger partial charge in [-0.3, -0.25) is 14.2 Å². The largest absolute Gasteiger partial charge is 0.756 e. The lowest BCUT2D eigenvalue weighted by atomic mass is 10.0. The van der Waals surface area contributed by atoms with Gasteiger partial charge in [0.25, 0.3) is 7.82 Å². The van der Waals surface area contributed by atoms with Gasteiger partial charge in [-0.05, 0) is 12.8 Å². The van der Waals surface area contributed by atoms with Crippen LogP contribution in [-0.2, 0) is 32.7 Å². The Hall–Kier alpha value is -0.990. The van der Waals surface area contributed by atoms with Gasteiger partial charge in [-0.1, -0.05) is 200 Å². The lowest BCUT2D eigenvalue weighted by molar-refractivity contribution is -0.870. The molecule has 0 aromatic heterocycles. The fourth-order valence-corrected chi connectivity index (χ4v) is 7.44. The molecule has 55 heavy (non-hydrogen) atoms. The molecule has 0 saturated carbocycles. The van der Waals surface area contributed by atoms with Crippen molar-refractivity contribution >= 4 is 19.8 Å². The second kappa shape index (κ2) is 38.5. The van der Waals surface area contributed by atoms with Crippen molar-refractivity contribution in [1.29, 1.82) is 0 Å². The van der Waals surface area contributed by atoms with E-state index in [4.69, 9.17) is 18.5 Å². The van der Waals surface area contributed by atoms with Gasteiger partial charge in [0.1, 0.15) is 19.8 Å². The van der Waals surface area contributed by atoms with Gasteiger partial charge in [0.2, 0.25) is 0 Å². The van der Waals surface area contributed by atoms with Crippen LogP contribution in [0.25, 0.3) is 0 Å². The Morgan fingerprint density at radius 3 is 1.16 bits per heavy atom. The molecule has 0 fully saturated rings. The number of ether oxygens (including phenoxy) is 2. The van der Waals surface area contributed by atoms with Crippen LogP contribution in [0, 0.1) is 0 Å². The zero-order valence-electron chi connectivity index (χ0n) is 36.9. The van der Waals surface area contributed by atoms with E-state index in [0.29, 0.717) is 17.4 Å². The Balaban J connectivity index is 4.27. The van der Waals surface area contributed by atoms with Crippen LogP contribution in [-0.4, -0.2) is 70.0 Å². The van der Waals surface area contributed by atoms with Crippen molar-refractivity contribution < 1.29 is 42.1 Å². The summed E-state index contributed by atoms with van der Waals surface area (Å²) in [5, 5.41) is 0. The van der Waals surface area contributed by atoms with Gasteiger partial charge in [-0.2, -0.15) is 0 Å². The third kappa shape index (κ3) is 42.4. The Morgan fingerprint density at radius 1 is 0.491 bits per heavy atom. The van der Waals surface area contributed by atoms with E-state index >= 15 is 0 Å². The highest BCUT2D eigenvalue weighted by Gasteiger charge is 2.21. The van der Waals surface area contributed by atoms with E-state index < -0.39 is 26.5 Å². The van der Waals surface area contributed by atoms with Crippen LogP contribution < -0.4 is 4.89 Å². The number of rotatable bonds is 43. The number of unbranched alkanes of at least 4 members (excludes halogenated alkanes) is 29. The number of phosphoric ester groups is 1. The highest BCUT2D eigenvalue weighted by atomic mass is 31.2. The lowest BCUT2D eigenvalue weighted by Gasteiger charge is -2.28. The normalized spacial score (nSPS) is 13.5. The number of likely N-dealkylation sites (N-methyl/N-ethyl adjacent to an activating group) is 1.